The van der Waals surface area contributed by atoms with Crippen LogP contribution in [0.2, 0.25) is 0 Å². The average molecular weight is 344 g/mol. The van der Waals surface area contributed by atoms with E-state index in [1.165, 1.54) is 0 Å². The highest BCUT2D eigenvalue weighted by Crippen LogP contribution is 2.26. The number of likely N-dealkylation sites (tertiary alicyclic amines) is 1. The Morgan fingerprint density at radius 2 is 2.20 bits per heavy atom. The van der Waals surface area contributed by atoms with Crippen molar-refractivity contribution >= 4 is 16.9 Å². The van der Waals surface area contributed by atoms with E-state index in [1.807, 2.05) is 18.2 Å². The summed E-state index contributed by atoms with van der Waals surface area (Å²) >= 11 is 0. The molecule has 136 valence electrons. The van der Waals surface area contributed by atoms with Gasteiger partial charge in [-0.15, -0.1) is 0 Å². The second-order valence-corrected chi connectivity index (χ2v) is 7.06. The summed E-state index contributed by atoms with van der Waals surface area (Å²) in [5.41, 5.74) is 1.24. The molecule has 1 saturated heterocycles. The number of hydrogen-bond acceptors (Lipinski definition) is 4. The molecular weight excluding hydrogens is 316 g/mol. The Labute approximate surface area is 148 Å². The van der Waals surface area contributed by atoms with Crippen molar-refractivity contribution in [2.24, 2.45) is 0 Å². The van der Waals surface area contributed by atoms with E-state index in [-0.39, 0.29) is 12.3 Å². The molecule has 25 heavy (non-hydrogen) atoms. The van der Waals surface area contributed by atoms with Gasteiger partial charge in [0.1, 0.15) is 5.82 Å². The molecule has 6 nitrogen and oxygen atoms in total. The SMILES string of the molecule is CCCn1c(CN2CCCC(O)(CC(=O)NC)C2)nc2ccccc21. The number of carbonyl (C=O) groups excluding carboxylic acids is 1. The number of hydrogen-bond donors (Lipinski definition) is 2. The van der Waals surface area contributed by atoms with Crippen LogP contribution >= 0.6 is 0 Å². The number of aliphatic hydroxyl groups is 1. The summed E-state index contributed by atoms with van der Waals surface area (Å²) < 4.78 is 2.28. The molecule has 0 aliphatic carbocycles. The van der Waals surface area contributed by atoms with Crippen molar-refractivity contribution in [1.29, 1.82) is 0 Å². The lowest BCUT2D eigenvalue weighted by Crippen LogP contribution is -2.50. The number of β-amino-alcohol motifs (C(OH)–C–C–N with tert-alkyl or cyclic N) is 1. The van der Waals surface area contributed by atoms with Gasteiger partial charge in [0.15, 0.2) is 0 Å². The first-order valence-electron chi connectivity index (χ1n) is 9.14. The van der Waals surface area contributed by atoms with Crippen molar-refractivity contribution in [1.82, 2.24) is 19.8 Å². The standard InChI is InChI=1S/C19H28N4O2/c1-3-10-23-16-8-5-4-7-15(16)21-17(23)13-22-11-6-9-19(25,14-22)12-18(24)20-2/h4-5,7-8,25H,3,6,9-14H2,1-2H3,(H,20,24). The fourth-order valence-corrected chi connectivity index (χ4v) is 3.79. The van der Waals surface area contributed by atoms with E-state index in [0.717, 1.165) is 42.8 Å². The third kappa shape index (κ3) is 4.02. The molecule has 1 unspecified atom stereocenters. The van der Waals surface area contributed by atoms with Crippen molar-refractivity contribution in [3.63, 3.8) is 0 Å². The maximum atomic E-state index is 11.7. The van der Waals surface area contributed by atoms with E-state index >= 15 is 0 Å². The Balaban J connectivity index is 1.78. The van der Waals surface area contributed by atoms with E-state index in [4.69, 9.17) is 4.98 Å². The van der Waals surface area contributed by atoms with Crippen LogP contribution in [0, 0.1) is 0 Å². The van der Waals surface area contributed by atoms with Crippen molar-refractivity contribution < 1.29 is 9.90 Å². The Kier molecular flexibility index (Phi) is 5.39. The minimum absolute atomic E-state index is 0.109. The van der Waals surface area contributed by atoms with Gasteiger partial charge in [0, 0.05) is 20.1 Å². The third-order valence-electron chi connectivity index (χ3n) is 4.95. The summed E-state index contributed by atoms with van der Waals surface area (Å²) in [6.45, 7) is 5.24. The summed E-state index contributed by atoms with van der Waals surface area (Å²) in [7, 11) is 1.61. The number of aryl methyl sites for hydroxylation is 1. The molecule has 0 radical (unpaired) electrons. The lowest BCUT2D eigenvalue weighted by molar-refractivity contribution is -0.128. The van der Waals surface area contributed by atoms with Gasteiger partial charge in [0.2, 0.25) is 5.91 Å². The largest absolute Gasteiger partial charge is 0.388 e. The minimum Gasteiger partial charge on any atom is -0.388 e. The monoisotopic (exact) mass is 344 g/mol. The normalized spacial score (nSPS) is 21.6. The van der Waals surface area contributed by atoms with E-state index in [2.05, 4.69) is 27.8 Å². The third-order valence-corrected chi connectivity index (χ3v) is 4.95. The predicted octanol–water partition coefficient (Wildman–Crippen LogP) is 1.91. The number of nitrogens with one attached hydrogen (secondary N) is 1. The van der Waals surface area contributed by atoms with Crippen LogP contribution < -0.4 is 5.32 Å². The summed E-state index contributed by atoms with van der Waals surface area (Å²) in [5, 5.41) is 13.4. The van der Waals surface area contributed by atoms with Gasteiger partial charge in [-0.2, -0.15) is 0 Å². The summed E-state index contributed by atoms with van der Waals surface area (Å²) in [6.07, 6.45) is 2.77. The molecule has 1 aliphatic heterocycles. The number of amides is 1. The maximum Gasteiger partial charge on any atom is 0.222 e. The van der Waals surface area contributed by atoms with Gasteiger partial charge in [-0.1, -0.05) is 19.1 Å². The highest BCUT2D eigenvalue weighted by molar-refractivity contribution is 5.77. The molecule has 1 amide bonds. The van der Waals surface area contributed by atoms with Crippen LogP contribution in [-0.2, 0) is 17.9 Å². The van der Waals surface area contributed by atoms with E-state index in [1.54, 1.807) is 7.05 Å². The molecule has 2 heterocycles. The Hall–Kier alpha value is -1.92. The predicted molar refractivity (Wildman–Crippen MR) is 98.2 cm³/mol. The zero-order chi connectivity index (χ0) is 17.9. The molecule has 0 bridgehead atoms. The molecule has 1 fully saturated rings. The summed E-state index contributed by atoms with van der Waals surface area (Å²) in [4.78, 5) is 18.7. The molecule has 6 heteroatoms. The second-order valence-electron chi connectivity index (χ2n) is 7.06. The van der Waals surface area contributed by atoms with E-state index in [0.29, 0.717) is 19.5 Å². The number of nitrogens with zero attached hydrogens (tertiary/aromatic N) is 3. The molecule has 1 aromatic carbocycles. The first-order chi connectivity index (χ1) is 12.0. The van der Waals surface area contributed by atoms with Crippen molar-refractivity contribution in [3.8, 4) is 0 Å². The molecule has 1 aromatic heterocycles. The highest BCUT2D eigenvalue weighted by Gasteiger charge is 2.35. The topological polar surface area (TPSA) is 70.4 Å². The summed E-state index contributed by atoms with van der Waals surface area (Å²) in [5.74, 6) is 0.926. The number of fused-ring (bicyclic) bond motifs is 1. The van der Waals surface area contributed by atoms with Crippen molar-refractivity contribution in [2.75, 3.05) is 20.1 Å². The van der Waals surface area contributed by atoms with Crippen molar-refractivity contribution in [3.05, 3.63) is 30.1 Å². The van der Waals surface area contributed by atoms with E-state index in [9.17, 15) is 9.90 Å². The lowest BCUT2D eigenvalue weighted by Gasteiger charge is -2.38. The Bertz CT molecular complexity index is 742. The van der Waals surface area contributed by atoms with Gasteiger partial charge in [0.25, 0.3) is 0 Å². The van der Waals surface area contributed by atoms with Crippen LogP contribution in [0.4, 0.5) is 0 Å². The first-order valence-corrected chi connectivity index (χ1v) is 9.14. The van der Waals surface area contributed by atoms with Crippen LogP contribution in [-0.4, -0.2) is 51.2 Å². The summed E-state index contributed by atoms with van der Waals surface area (Å²) in [6, 6.07) is 8.21. The average Bonchev–Trinajstić information content (AvgIpc) is 2.92. The molecule has 2 N–H and O–H groups in total. The van der Waals surface area contributed by atoms with Crippen LogP contribution in [0.5, 0.6) is 0 Å². The number of piperidine rings is 1. The van der Waals surface area contributed by atoms with Gasteiger partial charge in [-0.05, 0) is 37.9 Å². The van der Waals surface area contributed by atoms with Crippen LogP contribution in [0.15, 0.2) is 24.3 Å². The fraction of sp³-hybridized carbons (Fsp3) is 0.579. The van der Waals surface area contributed by atoms with Crippen molar-refractivity contribution in [2.45, 2.75) is 51.3 Å². The molecule has 2 aromatic rings. The smallest absolute Gasteiger partial charge is 0.222 e. The first kappa shape index (κ1) is 17.9. The van der Waals surface area contributed by atoms with Gasteiger partial charge in [-0.25, -0.2) is 4.98 Å². The number of carbonyl (C=O) groups is 1. The number of benzene rings is 1. The quantitative estimate of drug-likeness (QED) is 0.840. The van der Waals surface area contributed by atoms with Gasteiger partial charge in [-0.3, -0.25) is 9.69 Å². The Morgan fingerprint density at radius 1 is 1.40 bits per heavy atom. The van der Waals surface area contributed by atoms with Gasteiger partial charge >= 0.3 is 0 Å². The lowest BCUT2D eigenvalue weighted by atomic mass is 9.89. The number of para-hydroxylation sites is 2. The molecule has 1 atom stereocenters. The molecule has 1 aliphatic rings. The van der Waals surface area contributed by atoms with Gasteiger partial charge in [0.05, 0.1) is 29.6 Å². The van der Waals surface area contributed by atoms with Gasteiger partial charge < -0.3 is 15.0 Å². The maximum absolute atomic E-state index is 11.7. The number of rotatable bonds is 6. The molecule has 3 rings (SSSR count). The second kappa shape index (κ2) is 7.54. The number of aromatic nitrogens is 2. The van der Waals surface area contributed by atoms with Crippen LogP contribution in [0.3, 0.4) is 0 Å². The minimum atomic E-state index is -0.944. The highest BCUT2D eigenvalue weighted by atomic mass is 16.3. The number of imidazole rings is 1. The molecular formula is C19H28N4O2. The van der Waals surface area contributed by atoms with Crippen LogP contribution in [0.25, 0.3) is 11.0 Å². The van der Waals surface area contributed by atoms with Crippen LogP contribution in [0.1, 0.15) is 38.4 Å². The van der Waals surface area contributed by atoms with E-state index < -0.39 is 5.60 Å². The zero-order valence-electron chi connectivity index (χ0n) is 15.2. The molecule has 0 saturated carbocycles. The Morgan fingerprint density at radius 3 is 2.96 bits per heavy atom. The zero-order valence-corrected chi connectivity index (χ0v) is 15.2. The fourth-order valence-electron chi connectivity index (χ4n) is 3.79. The molecule has 0 spiro atoms.